The summed E-state index contributed by atoms with van der Waals surface area (Å²) in [5.41, 5.74) is 0. The van der Waals surface area contributed by atoms with E-state index in [1.54, 1.807) is 59.1 Å². The molecule has 3 aliphatic heterocycles. The summed E-state index contributed by atoms with van der Waals surface area (Å²) in [6.07, 6.45) is -3.40. The number of benzene rings is 1. The lowest BCUT2D eigenvalue weighted by Crippen LogP contribution is -2.58. The van der Waals surface area contributed by atoms with Gasteiger partial charge in [-0.25, -0.2) is 4.79 Å². The fraction of sp³-hybridized carbons (Fsp3) is 0.632. The molecule has 0 aliphatic carbocycles. The van der Waals surface area contributed by atoms with Crippen molar-refractivity contribution in [2.75, 3.05) is 7.11 Å². The minimum Gasteiger partial charge on any atom is -0.497 e. The third kappa shape index (κ3) is 3.55. The first-order valence-electron chi connectivity index (χ1n) is 8.90. The van der Waals surface area contributed by atoms with Gasteiger partial charge in [-0.2, -0.15) is 0 Å². The van der Waals surface area contributed by atoms with Gasteiger partial charge in [0.05, 0.1) is 7.11 Å². The van der Waals surface area contributed by atoms with Gasteiger partial charge in [-0.3, -0.25) is 0 Å². The number of hydrogen-bond acceptors (Lipinski definition) is 8. The number of esters is 1. The van der Waals surface area contributed by atoms with E-state index in [9.17, 15) is 4.79 Å². The molecular formula is C19H24O8. The molecule has 3 fully saturated rings. The Morgan fingerprint density at radius 1 is 0.852 bits per heavy atom. The Bertz CT molecular complexity index is 713. The maximum Gasteiger partial charge on any atom is 0.343 e. The third-order valence-electron chi connectivity index (χ3n) is 4.66. The highest BCUT2D eigenvalue weighted by molar-refractivity contribution is 5.78. The zero-order chi connectivity index (χ0) is 19.4. The van der Waals surface area contributed by atoms with Crippen LogP contribution < -0.4 is 9.47 Å². The summed E-state index contributed by atoms with van der Waals surface area (Å²) in [4.78, 5) is 12.8. The summed E-state index contributed by atoms with van der Waals surface area (Å²) in [6, 6.07) is 6.71. The first-order valence-corrected chi connectivity index (χ1v) is 8.90. The van der Waals surface area contributed by atoms with Gasteiger partial charge >= 0.3 is 5.97 Å². The first-order chi connectivity index (χ1) is 12.7. The topological polar surface area (TPSA) is 81.7 Å². The summed E-state index contributed by atoms with van der Waals surface area (Å²) in [5, 5.41) is 0. The summed E-state index contributed by atoms with van der Waals surface area (Å²) in [5.74, 6) is -1.25. The Kier molecular flexibility index (Phi) is 4.44. The highest BCUT2D eigenvalue weighted by Gasteiger charge is 2.62. The van der Waals surface area contributed by atoms with Crippen molar-refractivity contribution in [1.82, 2.24) is 0 Å². The molecule has 0 amide bonds. The summed E-state index contributed by atoms with van der Waals surface area (Å²) >= 11 is 0. The van der Waals surface area contributed by atoms with E-state index in [-0.39, 0.29) is 0 Å². The van der Waals surface area contributed by atoms with Crippen molar-refractivity contribution in [3.8, 4) is 11.5 Å². The Morgan fingerprint density at radius 2 is 1.41 bits per heavy atom. The molecule has 148 valence electrons. The largest absolute Gasteiger partial charge is 0.497 e. The molecule has 0 radical (unpaired) electrons. The van der Waals surface area contributed by atoms with Crippen LogP contribution in [0.5, 0.6) is 11.5 Å². The maximum atomic E-state index is 12.8. The number of carbonyl (C=O) groups excluding carboxylic acids is 1. The lowest BCUT2D eigenvalue weighted by Gasteiger charge is -2.35. The smallest absolute Gasteiger partial charge is 0.343 e. The van der Waals surface area contributed by atoms with Crippen LogP contribution in [0.1, 0.15) is 27.7 Å². The van der Waals surface area contributed by atoms with Gasteiger partial charge in [-0.15, -0.1) is 0 Å². The Balaban J connectivity index is 1.55. The second kappa shape index (κ2) is 6.42. The second-order valence-corrected chi connectivity index (χ2v) is 7.69. The molecule has 3 heterocycles. The van der Waals surface area contributed by atoms with E-state index >= 15 is 0 Å². The number of carbonyl (C=O) groups is 1. The van der Waals surface area contributed by atoms with E-state index < -0.39 is 48.2 Å². The van der Waals surface area contributed by atoms with Gasteiger partial charge in [-0.05, 0) is 52.0 Å². The number of rotatable bonds is 3. The molecule has 8 nitrogen and oxygen atoms in total. The van der Waals surface area contributed by atoms with Crippen molar-refractivity contribution in [1.29, 1.82) is 0 Å². The van der Waals surface area contributed by atoms with Gasteiger partial charge in [0, 0.05) is 0 Å². The van der Waals surface area contributed by atoms with Crippen LogP contribution in [0.2, 0.25) is 0 Å². The average Bonchev–Trinajstić information content (AvgIpc) is 3.08. The Hall–Kier alpha value is -1.71. The van der Waals surface area contributed by atoms with E-state index in [0.717, 1.165) is 0 Å². The fourth-order valence-electron chi connectivity index (χ4n) is 3.62. The predicted molar refractivity (Wildman–Crippen MR) is 91.2 cm³/mol. The zero-order valence-electron chi connectivity index (χ0n) is 16.0. The molecule has 1 aromatic rings. The van der Waals surface area contributed by atoms with Crippen LogP contribution in [-0.2, 0) is 28.5 Å². The molecule has 0 spiro atoms. The third-order valence-corrected chi connectivity index (χ3v) is 4.66. The van der Waals surface area contributed by atoms with E-state index in [1.165, 1.54) is 0 Å². The minimum atomic E-state index is -1.00. The van der Waals surface area contributed by atoms with Gasteiger partial charge < -0.3 is 33.2 Å². The lowest BCUT2D eigenvalue weighted by atomic mass is 9.99. The van der Waals surface area contributed by atoms with Gasteiger partial charge in [0.1, 0.15) is 29.8 Å². The fourth-order valence-corrected chi connectivity index (χ4v) is 3.62. The summed E-state index contributed by atoms with van der Waals surface area (Å²) in [6.45, 7) is 7.14. The van der Waals surface area contributed by atoms with Crippen molar-refractivity contribution < 1.29 is 38.0 Å². The summed E-state index contributed by atoms with van der Waals surface area (Å²) < 4.78 is 40.1. The number of ether oxygens (including phenoxy) is 7. The van der Waals surface area contributed by atoms with Gasteiger partial charge in [-0.1, -0.05) is 0 Å². The molecule has 0 N–H and O–H groups in total. The van der Waals surface area contributed by atoms with Crippen molar-refractivity contribution in [3.05, 3.63) is 24.3 Å². The highest BCUT2D eigenvalue weighted by Crippen LogP contribution is 2.44. The van der Waals surface area contributed by atoms with E-state index in [0.29, 0.717) is 11.5 Å². The van der Waals surface area contributed by atoms with Crippen LogP contribution in [0.15, 0.2) is 24.3 Å². The molecule has 0 unspecified atom stereocenters. The first kappa shape index (κ1) is 18.6. The van der Waals surface area contributed by atoms with Crippen molar-refractivity contribution >= 4 is 5.97 Å². The zero-order valence-corrected chi connectivity index (χ0v) is 16.0. The molecule has 0 aromatic heterocycles. The van der Waals surface area contributed by atoms with Crippen LogP contribution in [-0.4, -0.2) is 55.4 Å². The molecule has 8 heteroatoms. The summed E-state index contributed by atoms with van der Waals surface area (Å²) in [7, 11) is 1.57. The van der Waals surface area contributed by atoms with Crippen LogP contribution in [0, 0.1) is 0 Å². The van der Waals surface area contributed by atoms with E-state index in [1.807, 2.05) is 0 Å². The van der Waals surface area contributed by atoms with E-state index in [4.69, 9.17) is 33.2 Å². The molecule has 0 saturated carbocycles. The standard InChI is InChI=1S/C19H24O8/c1-18(2)24-12-13(25-18)15-17(27-19(3,4)26-15)23-14(12)16(20)22-11-8-6-10(21-5)7-9-11/h6-9,12-15,17H,1-5H3/t12-,13+,14+,15-,17-/m1/s1. The Morgan fingerprint density at radius 3 is 2.07 bits per heavy atom. The number of methoxy groups -OCH3 is 1. The SMILES string of the molecule is COc1ccc(OC(=O)[C@H]2O[C@@H]3OC(C)(C)O[C@@H]3[C@H]3OC(C)(C)O[C@H]32)cc1. The molecule has 1 aromatic carbocycles. The van der Waals surface area contributed by atoms with Crippen molar-refractivity contribution in [2.45, 2.75) is 70.0 Å². The molecule has 3 saturated heterocycles. The maximum absolute atomic E-state index is 12.8. The number of hydrogen-bond donors (Lipinski definition) is 0. The normalized spacial score (nSPS) is 36.0. The van der Waals surface area contributed by atoms with Crippen LogP contribution in [0.25, 0.3) is 0 Å². The van der Waals surface area contributed by atoms with Gasteiger partial charge in [0.15, 0.2) is 24.0 Å². The minimum absolute atomic E-state index is 0.380. The van der Waals surface area contributed by atoms with Crippen molar-refractivity contribution in [2.24, 2.45) is 0 Å². The molecular weight excluding hydrogens is 356 g/mol. The lowest BCUT2D eigenvalue weighted by molar-refractivity contribution is -0.236. The average molecular weight is 380 g/mol. The van der Waals surface area contributed by atoms with Gasteiger partial charge in [0.2, 0.25) is 0 Å². The predicted octanol–water partition coefficient (Wildman–Crippen LogP) is 2.00. The van der Waals surface area contributed by atoms with Crippen LogP contribution in [0.4, 0.5) is 0 Å². The van der Waals surface area contributed by atoms with Gasteiger partial charge in [0.25, 0.3) is 0 Å². The second-order valence-electron chi connectivity index (χ2n) is 7.69. The highest BCUT2D eigenvalue weighted by atomic mass is 16.9. The van der Waals surface area contributed by atoms with Crippen LogP contribution >= 0.6 is 0 Å². The molecule has 4 rings (SSSR count). The quantitative estimate of drug-likeness (QED) is 0.582. The molecule has 0 bridgehead atoms. The van der Waals surface area contributed by atoms with E-state index in [2.05, 4.69) is 0 Å². The molecule has 27 heavy (non-hydrogen) atoms. The Labute approximate surface area is 157 Å². The number of fused-ring (bicyclic) bond motifs is 3. The molecule has 3 aliphatic rings. The molecule has 5 atom stereocenters. The van der Waals surface area contributed by atoms with Crippen molar-refractivity contribution in [3.63, 3.8) is 0 Å². The monoisotopic (exact) mass is 380 g/mol. The van der Waals surface area contributed by atoms with Crippen LogP contribution in [0.3, 0.4) is 0 Å².